The molecule has 3 aromatic carbocycles. The molecule has 1 fully saturated rings. The van der Waals surface area contributed by atoms with Gasteiger partial charge in [0.1, 0.15) is 0 Å². The van der Waals surface area contributed by atoms with Gasteiger partial charge in [-0.2, -0.15) is 4.73 Å². The number of hydrogen-bond acceptors (Lipinski definition) is 7. The number of pyridine rings is 2. The molecule has 0 bridgehead atoms. The first-order valence-electron chi connectivity index (χ1n) is 14.8. The highest BCUT2D eigenvalue weighted by Gasteiger charge is 2.32. The number of aliphatic hydroxyl groups is 1. The second kappa shape index (κ2) is 14.5. The van der Waals surface area contributed by atoms with Gasteiger partial charge < -0.3 is 25.1 Å². The topological polar surface area (TPSA) is 108 Å². The molecule has 3 atom stereocenters. The molecule has 45 heavy (non-hydrogen) atoms. The molecule has 1 aliphatic heterocycles. The van der Waals surface area contributed by atoms with E-state index in [1.807, 2.05) is 78.9 Å². The molecule has 2 aromatic heterocycles. The first-order valence-corrected chi connectivity index (χ1v) is 15.7. The van der Waals surface area contributed by atoms with Crippen LogP contribution in [0.5, 0.6) is 0 Å². The Balaban J connectivity index is 1.19. The van der Waals surface area contributed by atoms with Crippen molar-refractivity contribution in [2.24, 2.45) is 0 Å². The van der Waals surface area contributed by atoms with E-state index in [-0.39, 0.29) is 24.7 Å². The van der Waals surface area contributed by atoms with E-state index >= 15 is 0 Å². The van der Waals surface area contributed by atoms with Crippen LogP contribution < -0.4 is 10.0 Å². The van der Waals surface area contributed by atoms with Gasteiger partial charge in [0, 0.05) is 48.8 Å². The Morgan fingerprint density at radius 2 is 1.71 bits per heavy atom. The zero-order valence-corrected chi connectivity index (χ0v) is 25.3. The van der Waals surface area contributed by atoms with Gasteiger partial charge in [0.2, 0.25) is 0 Å². The minimum atomic E-state index is -0.606. The average molecular weight is 620 g/mol. The molecule has 1 amide bonds. The van der Waals surface area contributed by atoms with Crippen LogP contribution in [0.25, 0.3) is 11.1 Å². The smallest absolute Gasteiger partial charge is 0.253 e. The number of carbonyl (C=O) groups is 1. The minimum absolute atomic E-state index is 0.0184. The van der Waals surface area contributed by atoms with Crippen LogP contribution in [0.2, 0.25) is 0 Å². The van der Waals surface area contributed by atoms with Gasteiger partial charge in [0.05, 0.1) is 24.4 Å². The van der Waals surface area contributed by atoms with Crippen molar-refractivity contribution < 1.29 is 24.1 Å². The SMILES string of the molecule is O=C(NCc1ccccc1-c1ccc([C@@H]2O[C@H](CSc3cccc[n+]3[O-])C[C@H](c3ccc(CO)cc3)O2)cc1)c1cccnc1. The van der Waals surface area contributed by atoms with E-state index < -0.39 is 6.29 Å². The van der Waals surface area contributed by atoms with E-state index in [0.29, 0.717) is 29.3 Å². The second-order valence-electron chi connectivity index (χ2n) is 10.7. The summed E-state index contributed by atoms with van der Waals surface area (Å²) >= 11 is 1.46. The van der Waals surface area contributed by atoms with E-state index in [1.165, 1.54) is 18.0 Å². The fraction of sp³-hybridized carbons (Fsp3) is 0.194. The summed E-state index contributed by atoms with van der Waals surface area (Å²) in [5.41, 5.74) is 6.26. The molecule has 0 radical (unpaired) electrons. The summed E-state index contributed by atoms with van der Waals surface area (Å²) < 4.78 is 13.8. The molecule has 0 unspecified atom stereocenters. The Labute approximate surface area is 266 Å². The number of aliphatic hydroxyl groups excluding tert-OH is 1. The van der Waals surface area contributed by atoms with Crippen LogP contribution in [0.3, 0.4) is 0 Å². The van der Waals surface area contributed by atoms with Crippen molar-refractivity contribution in [3.63, 3.8) is 0 Å². The standard InChI is InChI=1S/C36H33N3O5S/c40-23-25-10-12-27(13-11-25)33-20-31(24-45-34-9-3-4-19-39(34)42)43-36(44-33)28-16-14-26(15-17-28)32-8-2-1-6-29(32)22-38-35(41)30-7-5-18-37-21-30/h1-19,21,31,33,36,40H,20,22-24H2,(H,38,41)/t31-,33+,36+/m0/s1. The summed E-state index contributed by atoms with van der Waals surface area (Å²) in [5.74, 6) is 0.415. The molecule has 228 valence electrons. The number of ether oxygens (including phenoxy) is 2. The van der Waals surface area contributed by atoms with E-state index in [1.54, 1.807) is 36.7 Å². The number of nitrogens with one attached hydrogen (secondary N) is 1. The third-order valence-electron chi connectivity index (χ3n) is 7.69. The lowest BCUT2D eigenvalue weighted by atomic mass is 9.97. The van der Waals surface area contributed by atoms with Crippen molar-refractivity contribution >= 4 is 17.7 Å². The second-order valence-corrected chi connectivity index (χ2v) is 11.8. The lowest BCUT2D eigenvalue weighted by molar-refractivity contribution is -0.645. The molecule has 0 spiro atoms. The Morgan fingerprint density at radius 1 is 0.933 bits per heavy atom. The number of benzene rings is 3. The zero-order valence-electron chi connectivity index (χ0n) is 24.5. The third kappa shape index (κ3) is 7.58. The van der Waals surface area contributed by atoms with Crippen molar-refractivity contribution in [1.29, 1.82) is 0 Å². The van der Waals surface area contributed by atoms with Gasteiger partial charge in [-0.05, 0) is 46.0 Å². The third-order valence-corrected chi connectivity index (χ3v) is 8.85. The molecule has 1 saturated heterocycles. The summed E-state index contributed by atoms with van der Waals surface area (Å²) in [6.07, 6.45) is 4.32. The molecule has 3 heterocycles. The highest BCUT2D eigenvalue weighted by Crippen LogP contribution is 2.39. The number of thioether (sulfide) groups is 1. The average Bonchev–Trinajstić information content (AvgIpc) is 3.11. The van der Waals surface area contributed by atoms with Crippen LogP contribution in [0.1, 0.15) is 51.4 Å². The van der Waals surface area contributed by atoms with Gasteiger partial charge >= 0.3 is 0 Å². The molecule has 1 aliphatic rings. The van der Waals surface area contributed by atoms with Crippen molar-refractivity contribution in [3.05, 3.63) is 155 Å². The highest BCUT2D eigenvalue weighted by molar-refractivity contribution is 7.99. The fourth-order valence-electron chi connectivity index (χ4n) is 5.28. The Morgan fingerprint density at radius 3 is 2.47 bits per heavy atom. The lowest BCUT2D eigenvalue weighted by Gasteiger charge is -2.36. The van der Waals surface area contributed by atoms with Gasteiger partial charge in [-0.3, -0.25) is 9.78 Å². The van der Waals surface area contributed by atoms with Gasteiger partial charge in [-0.25, -0.2) is 0 Å². The summed E-state index contributed by atoms with van der Waals surface area (Å²) in [5, 5.41) is 25.3. The van der Waals surface area contributed by atoms with Crippen LogP contribution in [0.4, 0.5) is 0 Å². The first-order chi connectivity index (χ1) is 22.1. The summed E-state index contributed by atoms with van der Waals surface area (Å²) in [6, 6.07) is 32.7. The van der Waals surface area contributed by atoms with Crippen molar-refractivity contribution in [2.75, 3.05) is 5.75 Å². The fourth-order valence-corrected chi connectivity index (χ4v) is 6.21. The number of amides is 1. The molecular formula is C36H33N3O5S. The Hall–Kier alpha value is -4.54. The molecule has 0 saturated carbocycles. The van der Waals surface area contributed by atoms with Crippen molar-refractivity contribution in [2.45, 2.75) is 43.1 Å². The maximum absolute atomic E-state index is 12.6. The van der Waals surface area contributed by atoms with Crippen molar-refractivity contribution in [3.8, 4) is 11.1 Å². The maximum Gasteiger partial charge on any atom is 0.253 e. The van der Waals surface area contributed by atoms with Crippen LogP contribution in [0, 0.1) is 5.21 Å². The van der Waals surface area contributed by atoms with E-state index in [4.69, 9.17) is 9.47 Å². The van der Waals surface area contributed by atoms with Crippen LogP contribution in [-0.2, 0) is 22.6 Å². The number of hydrogen-bond donors (Lipinski definition) is 2. The first kappa shape index (κ1) is 30.5. The van der Waals surface area contributed by atoms with E-state index in [2.05, 4.69) is 10.3 Å². The van der Waals surface area contributed by atoms with Gasteiger partial charge in [-0.1, -0.05) is 84.6 Å². The van der Waals surface area contributed by atoms with E-state index in [9.17, 15) is 15.1 Å². The number of carbonyl (C=O) groups excluding carboxylic acids is 1. The summed E-state index contributed by atoms with van der Waals surface area (Å²) in [7, 11) is 0. The number of rotatable bonds is 10. The van der Waals surface area contributed by atoms with E-state index in [0.717, 1.165) is 38.1 Å². The predicted molar refractivity (Wildman–Crippen MR) is 172 cm³/mol. The maximum atomic E-state index is 12.6. The zero-order chi connectivity index (χ0) is 31.0. The largest absolute Gasteiger partial charge is 0.618 e. The molecule has 8 nitrogen and oxygen atoms in total. The summed E-state index contributed by atoms with van der Waals surface area (Å²) in [6.45, 7) is 0.358. The van der Waals surface area contributed by atoms with Crippen molar-refractivity contribution in [1.82, 2.24) is 10.3 Å². The molecule has 0 aliphatic carbocycles. The molecule has 6 rings (SSSR count). The Kier molecular flexibility index (Phi) is 9.82. The molecule has 2 N–H and O–H groups in total. The van der Waals surface area contributed by atoms with Crippen LogP contribution in [0.15, 0.2) is 127 Å². The van der Waals surface area contributed by atoms with Crippen LogP contribution >= 0.6 is 11.8 Å². The van der Waals surface area contributed by atoms with Gasteiger partial charge in [-0.15, -0.1) is 0 Å². The lowest BCUT2D eigenvalue weighted by Crippen LogP contribution is -2.32. The minimum Gasteiger partial charge on any atom is -0.618 e. The monoisotopic (exact) mass is 619 g/mol. The predicted octanol–water partition coefficient (Wildman–Crippen LogP) is 6.14. The molecule has 9 heteroatoms. The quantitative estimate of drug-likeness (QED) is 0.110. The molecular weight excluding hydrogens is 586 g/mol. The normalized spacial score (nSPS) is 17.9. The van der Waals surface area contributed by atoms with Gasteiger partial charge in [0.25, 0.3) is 10.9 Å². The summed E-state index contributed by atoms with van der Waals surface area (Å²) in [4.78, 5) is 16.6. The highest BCUT2D eigenvalue weighted by atomic mass is 32.2. The van der Waals surface area contributed by atoms with Gasteiger partial charge in [0.15, 0.2) is 12.5 Å². The number of aromatic nitrogens is 2. The Bertz CT molecular complexity index is 1720. The number of nitrogens with zero attached hydrogens (tertiary/aromatic N) is 2. The molecule has 5 aromatic rings. The van der Waals surface area contributed by atoms with Crippen LogP contribution in [-0.4, -0.2) is 27.9 Å².